The Hall–Kier alpha value is -0.820. The first-order valence-corrected chi connectivity index (χ1v) is 4.94. The Labute approximate surface area is 78.7 Å². The summed E-state index contributed by atoms with van der Waals surface area (Å²) < 4.78 is 6.12. The van der Waals surface area contributed by atoms with Gasteiger partial charge in [-0.3, -0.25) is 0 Å². The Morgan fingerprint density at radius 1 is 1.00 bits per heavy atom. The number of ether oxygens (including phenoxy) is 1. The lowest BCUT2D eigenvalue weighted by molar-refractivity contribution is -0.0662. The van der Waals surface area contributed by atoms with E-state index in [9.17, 15) is 0 Å². The van der Waals surface area contributed by atoms with Crippen LogP contribution in [-0.2, 0) is 15.9 Å². The molecule has 1 aromatic rings. The highest BCUT2D eigenvalue weighted by Gasteiger charge is 2.53. The topological polar surface area (TPSA) is 9.23 Å². The Balaban J connectivity index is 2.31. The largest absolute Gasteiger partial charge is 0.360 e. The second-order valence-corrected chi connectivity index (χ2v) is 4.61. The first-order chi connectivity index (χ1) is 6.14. The SMILES string of the molecule is C[C@]12CC[C@](C)(O1)c1ccccc12. The fourth-order valence-corrected chi connectivity index (χ4v) is 2.86. The van der Waals surface area contributed by atoms with Crippen molar-refractivity contribution in [2.24, 2.45) is 0 Å². The Morgan fingerprint density at radius 3 is 1.92 bits per heavy atom. The van der Waals surface area contributed by atoms with Gasteiger partial charge in [0.15, 0.2) is 0 Å². The van der Waals surface area contributed by atoms with Crippen molar-refractivity contribution < 1.29 is 4.74 Å². The summed E-state index contributed by atoms with van der Waals surface area (Å²) in [5.41, 5.74) is 2.82. The molecule has 0 aliphatic carbocycles. The molecule has 0 radical (unpaired) electrons. The van der Waals surface area contributed by atoms with Crippen molar-refractivity contribution in [3.05, 3.63) is 35.4 Å². The molecule has 1 saturated heterocycles. The van der Waals surface area contributed by atoms with Crippen molar-refractivity contribution in [2.75, 3.05) is 0 Å². The van der Waals surface area contributed by atoms with Crippen LogP contribution in [0, 0.1) is 0 Å². The van der Waals surface area contributed by atoms with E-state index in [1.165, 1.54) is 24.0 Å². The lowest BCUT2D eigenvalue weighted by atomic mass is 9.78. The molecular weight excluding hydrogens is 160 g/mol. The summed E-state index contributed by atoms with van der Waals surface area (Å²) in [5.74, 6) is 0. The van der Waals surface area contributed by atoms with Gasteiger partial charge in [0.1, 0.15) is 0 Å². The highest BCUT2D eigenvalue weighted by atomic mass is 16.5. The molecule has 1 fully saturated rings. The molecule has 0 amide bonds. The molecule has 1 nitrogen and oxygen atoms in total. The summed E-state index contributed by atoms with van der Waals surface area (Å²) in [5, 5.41) is 0. The fourth-order valence-electron chi connectivity index (χ4n) is 2.86. The van der Waals surface area contributed by atoms with Crippen molar-refractivity contribution >= 4 is 0 Å². The maximum absolute atomic E-state index is 6.12. The van der Waals surface area contributed by atoms with Crippen LogP contribution in [0.15, 0.2) is 24.3 Å². The van der Waals surface area contributed by atoms with Crippen LogP contribution >= 0.6 is 0 Å². The number of hydrogen-bond donors (Lipinski definition) is 0. The third-order valence-corrected chi connectivity index (χ3v) is 3.60. The summed E-state index contributed by atoms with van der Waals surface area (Å²) >= 11 is 0. The van der Waals surface area contributed by atoms with Gasteiger partial charge in [-0.1, -0.05) is 24.3 Å². The van der Waals surface area contributed by atoms with Crippen molar-refractivity contribution in [3.8, 4) is 0 Å². The summed E-state index contributed by atoms with van der Waals surface area (Å²) in [6.07, 6.45) is 2.33. The number of rotatable bonds is 0. The maximum Gasteiger partial charge on any atom is 0.0920 e. The van der Waals surface area contributed by atoms with Crippen LogP contribution in [0.2, 0.25) is 0 Å². The molecule has 1 heteroatoms. The van der Waals surface area contributed by atoms with Gasteiger partial charge in [-0.15, -0.1) is 0 Å². The normalized spacial score (nSPS) is 40.8. The van der Waals surface area contributed by atoms with E-state index in [1.807, 2.05) is 0 Å². The lowest BCUT2D eigenvalue weighted by Gasteiger charge is -2.21. The maximum atomic E-state index is 6.12. The third kappa shape index (κ3) is 0.761. The smallest absolute Gasteiger partial charge is 0.0920 e. The van der Waals surface area contributed by atoms with E-state index in [1.54, 1.807) is 0 Å². The Bertz CT molecular complexity index is 336. The van der Waals surface area contributed by atoms with E-state index in [-0.39, 0.29) is 11.2 Å². The molecule has 3 rings (SSSR count). The highest BCUT2D eigenvalue weighted by Crippen LogP contribution is 2.57. The van der Waals surface area contributed by atoms with Gasteiger partial charge in [0, 0.05) is 0 Å². The van der Waals surface area contributed by atoms with Gasteiger partial charge in [-0.05, 0) is 37.8 Å². The van der Waals surface area contributed by atoms with Gasteiger partial charge in [-0.2, -0.15) is 0 Å². The van der Waals surface area contributed by atoms with Gasteiger partial charge >= 0.3 is 0 Å². The van der Waals surface area contributed by atoms with Gasteiger partial charge < -0.3 is 4.74 Å². The number of hydrogen-bond acceptors (Lipinski definition) is 1. The van der Waals surface area contributed by atoms with Gasteiger partial charge in [0.25, 0.3) is 0 Å². The minimum atomic E-state index is 0.00530. The first kappa shape index (κ1) is 7.57. The molecule has 2 bridgehead atoms. The van der Waals surface area contributed by atoms with Crippen LogP contribution in [0.4, 0.5) is 0 Å². The highest BCUT2D eigenvalue weighted by molar-refractivity contribution is 5.43. The minimum absolute atomic E-state index is 0.00530. The van der Waals surface area contributed by atoms with Crippen LogP contribution in [0.5, 0.6) is 0 Å². The second-order valence-electron chi connectivity index (χ2n) is 4.61. The van der Waals surface area contributed by atoms with E-state index in [0.717, 1.165) is 0 Å². The molecule has 0 unspecified atom stereocenters. The van der Waals surface area contributed by atoms with E-state index in [4.69, 9.17) is 4.74 Å². The molecule has 13 heavy (non-hydrogen) atoms. The summed E-state index contributed by atoms with van der Waals surface area (Å²) in [4.78, 5) is 0. The van der Waals surface area contributed by atoms with E-state index in [2.05, 4.69) is 38.1 Å². The molecule has 2 aliphatic heterocycles. The van der Waals surface area contributed by atoms with Gasteiger partial charge in [0.2, 0.25) is 0 Å². The van der Waals surface area contributed by atoms with Crippen LogP contribution in [0.25, 0.3) is 0 Å². The molecule has 0 saturated carbocycles. The summed E-state index contributed by atoms with van der Waals surface area (Å²) in [6, 6.07) is 8.63. The molecule has 2 heterocycles. The third-order valence-electron chi connectivity index (χ3n) is 3.60. The van der Waals surface area contributed by atoms with Crippen LogP contribution in [0.3, 0.4) is 0 Å². The van der Waals surface area contributed by atoms with Crippen LogP contribution in [-0.4, -0.2) is 0 Å². The van der Waals surface area contributed by atoms with Crippen molar-refractivity contribution in [1.82, 2.24) is 0 Å². The number of benzene rings is 1. The molecule has 1 aromatic carbocycles. The Kier molecular flexibility index (Phi) is 1.15. The van der Waals surface area contributed by atoms with Gasteiger partial charge in [0.05, 0.1) is 11.2 Å². The van der Waals surface area contributed by atoms with E-state index < -0.39 is 0 Å². The zero-order valence-corrected chi connectivity index (χ0v) is 8.13. The Morgan fingerprint density at radius 2 is 1.46 bits per heavy atom. The molecule has 0 aromatic heterocycles. The van der Waals surface area contributed by atoms with Crippen LogP contribution < -0.4 is 0 Å². The molecule has 2 atom stereocenters. The predicted octanol–water partition coefficient (Wildman–Crippen LogP) is 2.94. The second kappa shape index (κ2) is 1.98. The number of fused-ring (bicyclic) bond motifs is 5. The van der Waals surface area contributed by atoms with Crippen molar-refractivity contribution in [3.63, 3.8) is 0 Å². The monoisotopic (exact) mass is 174 g/mol. The average Bonchev–Trinajstić information content (AvgIpc) is 2.55. The molecule has 68 valence electrons. The standard InChI is InChI=1S/C12H14O/c1-11-7-8-12(2,13-11)10-6-4-3-5-9(10)11/h3-6H,7-8H2,1-2H3/t11-,12+. The van der Waals surface area contributed by atoms with E-state index >= 15 is 0 Å². The first-order valence-electron chi connectivity index (χ1n) is 4.94. The van der Waals surface area contributed by atoms with Crippen molar-refractivity contribution in [1.29, 1.82) is 0 Å². The van der Waals surface area contributed by atoms with Crippen molar-refractivity contribution in [2.45, 2.75) is 37.9 Å². The fraction of sp³-hybridized carbons (Fsp3) is 0.500. The molecule has 0 N–H and O–H groups in total. The predicted molar refractivity (Wildman–Crippen MR) is 51.5 cm³/mol. The van der Waals surface area contributed by atoms with Gasteiger partial charge in [-0.25, -0.2) is 0 Å². The van der Waals surface area contributed by atoms with Crippen LogP contribution in [0.1, 0.15) is 37.8 Å². The summed E-state index contributed by atoms with van der Waals surface area (Å²) in [6.45, 7) is 4.42. The van der Waals surface area contributed by atoms with E-state index in [0.29, 0.717) is 0 Å². The zero-order valence-electron chi connectivity index (χ0n) is 8.13. The molecule has 0 spiro atoms. The average molecular weight is 174 g/mol. The zero-order chi connectivity index (χ0) is 9.10. The lowest BCUT2D eigenvalue weighted by Crippen LogP contribution is -2.17. The molecular formula is C12H14O. The molecule has 2 aliphatic rings. The minimum Gasteiger partial charge on any atom is -0.360 e. The quantitative estimate of drug-likeness (QED) is 0.587. The summed E-state index contributed by atoms with van der Waals surface area (Å²) in [7, 11) is 0.